The molecule has 1 aliphatic heterocycles. The fourth-order valence-corrected chi connectivity index (χ4v) is 5.44. The number of carbonyl (C=O) groups excluding carboxylic acids is 1. The van der Waals surface area contributed by atoms with Gasteiger partial charge >= 0.3 is 12.4 Å². The summed E-state index contributed by atoms with van der Waals surface area (Å²) in [5.41, 5.74) is -5.56. The molecule has 0 aromatic heterocycles. The van der Waals surface area contributed by atoms with E-state index in [9.17, 15) is 49.8 Å². The van der Waals surface area contributed by atoms with Crippen molar-refractivity contribution in [2.45, 2.75) is 49.7 Å². The number of aliphatic hydroxyl groups is 1. The van der Waals surface area contributed by atoms with Crippen LogP contribution in [0.1, 0.15) is 25.0 Å². The molecule has 15 heteroatoms. The molecule has 1 amide bonds. The molecule has 0 unspecified atom stereocenters. The fourth-order valence-electron chi connectivity index (χ4n) is 3.83. The number of aliphatic hydroxyl groups excluding tert-OH is 1. The van der Waals surface area contributed by atoms with Crippen LogP contribution < -0.4 is 19.0 Å². The van der Waals surface area contributed by atoms with E-state index in [2.05, 4.69) is 0 Å². The van der Waals surface area contributed by atoms with E-state index < -0.39 is 75.1 Å². The van der Waals surface area contributed by atoms with Gasteiger partial charge in [-0.3, -0.25) is 4.31 Å². The first-order chi connectivity index (χ1) is 16.8. The van der Waals surface area contributed by atoms with E-state index in [0.29, 0.717) is 30.3 Å². The topological polar surface area (TPSA) is 110 Å². The summed E-state index contributed by atoms with van der Waals surface area (Å²) < 4.78 is 114. The van der Waals surface area contributed by atoms with Crippen molar-refractivity contribution in [2.24, 2.45) is 0 Å². The lowest BCUT2D eigenvalue weighted by Crippen LogP contribution is -2.61. The molecule has 0 radical (unpaired) electrons. The maximum absolute atomic E-state index is 13.7. The number of halogens is 6. The Labute approximate surface area is 207 Å². The normalized spacial score (nSPS) is 16.7. The van der Waals surface area contributed by atoms with Crippen molar-refractivity contribution in [3.8, 4) is 5.75 Å². The summed E-state index contributed by atoms with van der Waals surface area (Å²) in [6.07, 6.45) is -13.4. The molecule has 1 heterocycles. The summed E-state index contributed by atoms with van der Waals surface area (Å²) in [4.78, 5) is 11.0. The zero-order valence-corrected chi connectivity index (χ0v) is 20.3. The number of fused-ring (bicyclic) bond motifs is 1. The summed E-state index contributed by atoms with van der Waals surface area (Å²) in [5.74, 6) is -0.245. The summed E-state index contributed by atoms with van der Waals surface area (Å²) >= 11 is 0. The monoisotopic (exact) mass is 555 g/mol. The maximum atomic E-state index is 13.7. The second-order valence-electron chi connectivity index (χ2n) is 8.70. The Kier molecular flexibility index (Phi) is 7.11. The van der Waals surface area contributed by atoms with Crippen molar-refractivity contribution >= 4 is 27.5 Å². The van der Waals surface area contributed by atoms with Gasteiger partial charge in [0.05, 0.1) is 29.3 Å². The summed E-state index contributed by atoms with van der Waals surface area (Å²) in [6, 6.07) is 4.77. The van der Waals surface area contributed by atoms with Gasteiger partial charge in [-0.25, -0.2) is 8.42 Å². The number of nitrogens with zero attached hydrogens (tertiary/aromatic N) is 2. The van der Waals surface area contributed by atoms with Crippen LogP contribution >= 0.6 is 0 Å². The van der Waals surface area contributed by atoms with Gasteiger partial charge < -0.3 is 24.6 Å². The number of carbonyl (C=O) groups is 1. The van der Waals surface area contributed by atoms with Crippen molar-refractivity contribution in [2.75, 3.05) is 22.4 Å². The fraction of sp³-hybridized carbons (Fsp3) is 0.409. The molecule has 0 saturated heterocycles. The van der Waals surface area contributed by atoms with Crippen molar-refractivity contribution in [1.82, 2.24) is 0 Å². The molecule has 1 aliphatic rings. The van der Waals surface area contributed by atoms with Gasteiger partial charge in [-0.05, 0) is 51.1 Å². The average molecular weight is 555 g/mol. The number of hydrogen-bond acceptors (Lipinski definition) is 6. The Balaban J connectivity index is 2.27. The first-order valence-electron chi connectivity index (χ1n) is 10.5. The minimum absolute atomic E-state index is 0.0875. The number of alkyl halides is 6. The quantitative estimate of drug-likeness (QED) is 0.566. The number of benzene rings is 2. The van der Waals surface area contributed by atoms with Crippen LogP contribution in [-0.2, 0) is 16.2 Å². The predicted molar refractivity (Wildman–Crippen MR) is 117 cm³/mol. The average Bonchev–Trinajstić information content (AvgIpc) is 2.78. The predicted octanol–water partition coefficient (Wildman–Crippen LogP) is 3.45. The molecule has 1 N–H and O–H groups in total. The van der Waals surface area contributed by atoms with E-state index in [-0.39, 0.29) is 16.2 Å². The highest BCUT2D eigenvalue weighted by Gasteiger charge is 2.53. The van der Waals surface area contributed by atoms with Gasteiger partial charge in [0.15, 0.2) is 0 Å². The van der Waals surface area contributed by atoms with Crippen LogP contribution in [-0.4, -0.2) is 50.6 Å². The van der Waals surface area contributed by atoms with Gasteiger partial charge in [-0.15, -0.1) is 0 Å². The lowest BCUT2D eigenvalue weighted by Gasteiger charge is -2.43. The highest BCUT2D eigenvalue weighted by Crippen LogP contribution is 2.46. The number of ether oxygens (including phenoxy) is 1. The van der Waals surface area contributed by atoms with Gasteiger partial charge in [-0.2, -0.15) is 26.3 Å². The first-order valence-corrected chi connectivity index (χ1v) is 12.0. The van der Waals surface area contributed by atoms with E-state index in [1.165, 1.54) is 0 Å². The SMILES string of the molecule is Cc1c(N(C(=O)[O-])C(C)(C)C(F)(F)F)ccc2c1N(S(=O)(=O)c1cccc(C(F)(F)F)c1)C[C@H](CO)O2. The second-order valence-corrected chi connectivity index (χ2v) is 10.6. The summed E-state index contributed by atoms with van der Waals surface area (Å²) in [5, 5.41) is 21.4. The Morgan fingerprint density at radius 1 is 1.16 bits per heavy atom. The van der Waals surface area contributed by atoms with Gasteiger partial charge in [0.25, 0.3) is 10.0 Å². The molecule has 0 fully saturated rings. The molecule has 3 rings (SSSR count). The molecule has 0 saturated carbocycles. The van der Waals surface area contributed by atoms with E-state index in [1.807, 2.05) is 0 Å². The first kappa shape index (κ1) is 28.4. The molecule has 0 spiro atoms. The molecular formula is C22H21F6N2O6S-. The van der Waals surface area contributed by atoms with Crippen molar-refractivity contribution in [1.29, 1.82) is 0 Å². The Bertz CT molecular complexity index is 1310. The van der Waals surface area contributed by atoms with Gasteiger partial charge in [0, 0.05) is 11.3 Å². The van der Waals surface area contributed by atoms with Gasteiger partial charge in [0.1, 0.15) is 23.5 Å². The minimum atomic E-state index is -5.07. The van der Waals surface area contributed by atoms with Crippen LogP contribution in [0.15, 0.2) is 41.3 Å². The van der Waals surface area contributed by atoms with Crippen molar-refractivity contribution in [3.63, 3.8) is 0 Å². The van der Waals surface area contributed by atoms with Crippen molar-refractivity contribution in [3.05, 3.63) is 47.5 Å². The third-order valence-electron chi connectivity index (χ3n) is 5.91. The Morgan fingerprint density at radius 2 is 1.78 bits per heavy atom. The standard InChI is InChI=1S/C22H22F6N2O6S/c1-12-16(30(19(32)33)20(2,3)22(26,27)28)7-8-17-18(12)29(10-14(11-31)36-17)37(34,35)15-6-4-5-13(9-15)21(23,24)25/h4-9,14,31H,10-11H2,1-3H3,(H,32,33)/p-1/t14-/m1/s1. The highest BCUT2D eigenvalue weighted by atomic mass is 32.2. The van der Waals surface area contributed by atoms with E-state index in [4.69, 9.17) is 4.74 Å². The number of amides is 1. The number of anilines is 2. The zero-order chi connectivity index (χ0) is 28.1. The smallest absolute Gasteiger partial charge is 0.416 e. The van der Waals surface area contributed by atoms with Crippen LogP contribution in [0, 0.1) is 6.92 Å². The van der Waals surface area contributed by atoms with E-state index in [0.717, 1.165) is 31.2 Å². The van der Waals surface area contributed by atoms with Crippen LogP contribution in [0.5, 0.6) is 5.75 Å². The number of rotatable bonds is 5. The molecular weight excluding hydrogens is 534 g/mol. The molecule has 204 valence electrons. The molecule has 2 aromatic carbocycles. The van der Waals surface area contributed by atoms with Gasteiger partial charge in [-0.1, -0.05) is 6.07 Å². The lowest BCUT2D eigenvalue weighted by molar-refractivity contribution is -0.254. The number of sulfonamides is 1. The van der Waals surface area contributed by atoms with Crippen LogP contribution in [0.4, 0.5) is 42.5 Å². The Hall–Kier alpha value is -3.20. The molecule has 37 heavy (non-hydrogen) atoms. The van der Waals surface area contributed by atoms with Crippen LogP contribution in [0.25, 0.3) is 0 Å². The third-order valence-corrected chi connectivity index (χ3v) is 7.67. The Morgan fingerprint density at radius 3 is 2.30 bits per heavy atom. The van der Waals surface area contributed by atoms with Crippen LogP contribution in [0.2, 0.25) is 0 Å². The molecule has 1 atom stereocenters. The minimum Gasteiger partial charge on any atom is -0.530 e. The number of hydrogen-bond donors (Lipinski definition) is 1. The van der Waals surface area contributed by atoms with Crippen molar-refractivity contribution < 1.29 is 54.5 Å². The zero-order valence-electron chi connectivity index (χ0n) is 19.5. The maximum Gasteiger partial charge on any atom is 0.416 e. The lowest BCUT2D eigenvalue weighted by atomic mass is 9.99. The molecule has 8 nitrogen and oxygen atoms in total. The summed E-state index contributed by atoms with van der Waals surface area (Å²) in [6.45, 7) is 0.962. The molecule has 0 aliphatic carbocycles. The second kappa shape index (κ2) is 9.28. The van der Waals surface area contributed by atoms with Gasteiger partial charge in [0.2, 0.25) is 0 Å². The largest absolute Gasteiger partial charge is 0.530 e. The van der Waals surface area contributed by atoms with Crippen LogP contribution in [0.3, 0.4) is 0 Å². The van der Waals surface area contributed by atoms with E-state index in [1.54, 1.807) is 0 Å². The molecule has 2 aromatic rings. The highest BCUT2D eigenvalue weighted by molar-refractivity contribution is 7.92. The van der Waals surface area contributed by atoms with E-state index >= 15 is 0 Å². The summed E-state index contributed by atoms with van der Waals surface area (Å²) in [7, 11) is -4.81. The third kappa shape index (κ3) is 5.01. The molecule has 0 bridgehead atoms. The number of carboxylic acid groups (broad SMARTS) is 1.